The molecular formula is C25H17F5N6O. The van der Waals surface area contributed by atoms with Gasteiger partial charge in [-0.1, -0.05) is 6.07 Å². The number of nitrogens with zero attached hydrogens (tertiary/aromatic N) is 4. The summed E-state index contributed by atoms with van der Waals surface area (Å²) in [6.07, 6.45) is -1.87. The van der Waals surface area contributed by atoms with Crippen LogP contribution in [0.2, 0.25) is 0 Å². The summed E-state index contributed by atoms with van der Waals surface area (Å²) in [7, 11) is 0. The molecule has 1 aliphatic heterocycles. The van der Waals surface area contributed by atoms with E-state index in [4.69, 9.17) is 5.73 Å². The fourth-order valence-electron chi connectivity index (χ4n) is 4.89. The second-order valence-corrected chi connectivity index (χ2v) is 8.79. The quantitative estimate of drug-likeness (QED) is 0.197. The number of nitrogens with two attached hydrogens (primary N) is 1. The average Bonchev–Trinajstić information content (AvgIpc) is 3.40. The summed E-state index contributed by atoms with van der Waals surface area (Å²) in [6.45, 7) is 1.80. The van der Waals surface area contributed by atoms with Gasteiger partial charge in [0.05, 0.1) is 22.5 Å². The lowest BCUT2D eigenvalue weighted by atomic mass is 9.95. The third-order valence-electron chi connectivity index (χ3n) is 6.58. The molecular weight excluding hydrogens is 495 g/mol. The summed E-state index contributed by atoms with van der Waals surface area (Å²) in [4.78, 5) is 13.3. The van der Waals surface area contributed by atoms with Crippen LogP contribution in [-0.4, -0.2) is 31.3 Å². The Bertz CT molecular complexity index is 1740. The molecule has 0 fully saturated rings. The van der Waals surface area contributed by atoms with Crippen LogP contribution in [0.4, 0.5) is 33.3 Å². The number of alkyl halides is 3. The van der Waals surface area contributed by atoms with Crippen molar-refractivity contribution < 1.29 is 26.7 Å². The van der Waals surface area contributed by atoms with Crippen LogP contribution < -0.4 is 11.1 Å². The van der Waals surface area contributed by atoms with E-state index in [0.717, 1.165) is 18.3 Å². The van der Waals surface area contributed by atoms with Crippen molar-refractivity contribution >= 4 is 28.3 Å². The van der Waals surface area contributed by atoms with E-state index < -0.39 is 34.8 Å². The zero-order chi connectivity index (χ0) is 26.2. The number of aryl methyl sites for hydroxylation is 1. The summed E-state index contributed by atoms with van der Waals surface area (Å²) < 4.78 is 74.0. The van der Waals surface area contributed by atoms with Crippen molar-refractivity contribution in [2.45, 2.75) is 19.5 Å². The number of fused-ring (bicyclic) bond motifs is 4. The van der Waals surface area contributed by atoms with Gasteiger partial charge >= 0.3 is 6.18 Å². The maximum Gasteiger partial charge on any atom is 0.418 e. The molecule has 5 aromatic rings. The standard InChI is InChI=1S/C25H17F5N6O/c1-11-33-34-24-21-19(15(10-36(11)24)25(28,29)30)14-3-2-6-35-18(9-12(22(14)35)4-5-32-21)23(37)13-7-16(26)20(31)17(27)8-13/h2-3,6-10,32H,4-5,31H2,1H3. The Balaban J connectivity index is 1.66. The third-order valence-corrected chi connectivity index (χ3v) is 6.58. The van der Waals surface area contributed by atoms with Gasteiger partial charge in [-0.15, -0.1) is 10.2 Å². The summed E-state index contributed by atoms with van der Waals surface area (Å²) in [5, 5.41) is 11.1. The SMILES string of the molecule is Cc1nnc2c3c(c(C(F)(F)F)cn12)-c1cccn2c(C(=O)c4cc(F)c(N)c(F)c4)cc(c12)CCN3. The van der Waals surface area contributed by atoms with Gasteiger partial charge in [0, 0.05) is 35.6 Å². The van der Waals surface area contributed by atoms with Crippen LogP contribution in [-0.2, 0) is 12.6 Å². The zero-order valence-electron chi connectivity index (χ0n) is 19.1. The molecule has 6 rings (SSSR count). The highest BCUT2D eigenvalue weighted by Crippen LogP contribution is 2.45. The van der Waals surface area contributed by atoms with Crippen LogP contribution in [0.3, 0.4) is 0 Å². The van der Waals surface area contributed by atoms with Gasteiger partial charge in [-0.2, -0.15) is 13.2 Å². The number of anilines is 2. The molecule has 1 aromatic carbocycles. The van der Waals surface area contributed by atoms with Gasteiger partial charge in [-0.25, -0.2) is 8.78 Å². The number of hydrogen-bond donors (Lipinski definition) is 2. The Morgan fingerprint density at radius 3 is 2.54 bits per heavy atom. The zero-order valence-corrected chi connectivity index (χ0v) is 19.1. The second kappa shape index (κ2) is 7.76. The van der Waals surface area contributed by atoms with Crippen LogP contribution in [0, 0.1) is 18.6 Å². The molecule has 0 unspecified atom stereocenters. The number of benzene rings is 1. The minimum atomic E-state index is -4.72. The Morgan fingerprint density at radius 2 is 1.84 bits per heavy atom. The number of hydrogen-bond acceptors (Lipinski definition) is 5. The van der Waals surface area contributed by atoms with E-state index >= 15 is 0 Å². The Labute approximate surface area is 205 Å². The predicted octanol–water partition coefficient (Wildman–Crippen LogP) is 5.04. The van der Waals surface area contributed by atoms with Crippen molar-refractivity contribution in [1.29, 1.82) is 0 Å². The number of ketones is 1. The maximum atomic E-state index is 14.4. The molecule has 0 amide bonds. The Hall–Kier alpha value is -4.48. The average molecular weight is 512 g/mol. The molecule has 0 spiro atoms. The Kier molecular flexibility index (Phi) is 4.81. The smallest absolute Gasteiger partial charge is 0.394 e. The molecule has 1 aliphatic rings. The molecule has 0 saturated carbocycles. The number of rotatable bonds is 2. The van der Waals surface area contributed by atoms with Crippen LogP contribution in [0.5, 0.6) is 0 Å². The highest BCUT2D eigenvalue weighted by atomic mass is 19.4. The van der Waals surface area contributed by atoms with E-state index in [1.54, 1.807) is 6.92 Å². The Morgan fingerprint density at radius 1 is 1.11 bits per heavy atom. The van der Waals surface area contributed by atoms with Gasteiger partial charge in [-0.3, -0.25) is 9.20 Å². The lowest BCUT2D eigenvalue weighted by Crippen LogP contribution is -2.16. The number of aromatic nitrogens is 4. The van der Waals surface area contributed by atoms with Crippen molar-refractivity contribution in [3.63, 3.8) is 0 Å². The van der Waals surface area contributed by atoms with Crippen LogP contribution in [0.15, 0.2) is 42.7 Å². The predicted molar refractivity (Wildman–Crippen MR) is 126 cm³/mol. The van der Waals surface area contributed by atoms with Gasteiger partial charge in [0.2, 0.25) is 5.78 Å². The first-order valence-electron chi connectivity index (χ1n) is 11.2. The molecule has 37 heavy (non-hydrogen) atoms. The first-order chi connectivity index (χ1) is 17.6. The molecule has 7 nitrogen and oxygen atoms in total. The normalized spacial score (nSPS) is 13.4. The van der Waals surface area contributed by atoms with E-state index in [1.165, 1.54) is 33.2 Å². The van der Waals surface area contributed by atoms with Crippen LogP contribution >= 0.6 is 0 Å². The van der Waals surface area contributed by atoms with Crippen molar-refractivity contribution in [2.75, 3.05) is 17.6 Å². The van der Waals surface area contributed by atoms with Gasteiger partial charge < -0.3 is 15.5 Å². The van der Waals surface area contributed by atoms with Gasteiger partial charge in [-0.05, 0) is 43.2 Å². The first kappa shape index (κ1) is 23.0. The number of carbonyl (C=O) groups is 1. The molecule has 3 N–H and O–H groups in total. The molecule has 0 aliphatic carbocycles. The van der Waals surface area contributed by atoms with Crippen molar-refractivity contribution in [2.24, 2.45) is 0 Å². The van der Waals surface area contributed by atoms with Crippen molar-refractivity contribution in [3.05, 3.63) is 82.6 Å². The number of nitrogens with one attached hydrogen (secondary N) is 1. The number of nitrogen functional groups attached to an aromatic ring is 1. The number of carbonyl (C=O) groups excluding carboxylic acids is 1. The first-order valence-corrected chi connectivity index (χ1v) is 11.2. The summed E-state index contributed by atoms with van der Waals surface area (Å²) >= 11 is 0. The van der Waals surface area contributed by atoms with Gasteiger partial charge in [0.1, 0.15) is 23.1 Å². The minimum absolute atomic E-state index is 0.0480. The largest absolute Gasteiger partial charge is 0.418 e. The molecule has 0 radical (unpaired) electrons. The molecule has 0 atom stereocenters. The summed E-state index contributed by atoms with van der Waals surface area (Å²) in [6, 6.07) is 6.26. The summed E-state index contributed by atoms with van der Waals surface area (Å²) in [5.41, 5.74) is 4.99. The van der Waals surface area contributed by atoms with Gasteiger partial charge in [0.25, 0.3) is 0 Å². The van der Waals surface area contributed by atoms with E-state index in [-0.39, 0.29) is 40.3 Å². The van der Waals surface area contributed by atoms with E-state index in [2.05, 4.69) is 15.5 Å². The van der Waals surface area contributed by atoms with Gasteiger partial charge in [0.15, 0.2) is 5.65 Å². The fourth-order valence-corrected chi connectivity index (χ4v) is 4.89. The molecule has 0 saturated heterocycles. The lowest BCUT2D eigenvalue weighted by Gasteiger charge is -2.22. The van der Waals surface area contributed by atoms with Crippen LogP contribution in [0.25, 0.3) is 22.3 Å². The minimum Gasteiger partial charge on any atom is -0.394 e. The number of pyridine rings is 2. The van der Waals surface area contributed by atoms with Crippen molar-refractivity contribution in [3.8, 4) is 11.1 Å². The van der Waals surface area contributed by atoms with E-state index in [0.29, 0.717) is 23.3 Å². The molecule has 4 aromatic heterocycles. The van der Waals surface area contributed by atoms with Crippen LogP contribution in [0.1, 0.15) is 33.0 Å². The monoisotopic (exact) mass is 512 g/mol. The lowest BCUT2D eigenvalue weighted by molar-refractivity contribution is -0.137. The maximum absolute atomic E-state index is 14.4. The fraction of sp³-hybridized carbons (Fsp3) is 0.160. The highest BCUT2D eigenvalue weighted by molar-refractivity contribution is 6.10. The van der Waals surface area contributed by atoms with Crippen molar-refractivity contribution in [1.82, 2.24) is 19.0 Å². The molecule has 12 heteroatoms. The molecule has 0 bridgehead atoms. The summed E-state index contributed by atoms with van der Waals surface area (Å²) in [5.74, 6) is -2.57. The number of halogens is 5. The highest BCUT2D eigenvalue weighted by Gasteiger charge is 2.38. The topological polar surface area (TPSA) is 89.7 Å². The molecule has 188 valence electrons. The van der Waals surface area contributed by atoms with E-state index in [9.17, 15) is 26.7 Å². The molecule has 5 heterocycles. The van der Waals surface area contributed by atoms with E-state index in [1.807, 2.05) is 0 Å². The third kappa shape index (κ3) is 3.35. The second-order valence-electron chi connectivity index (χ2n) is 8.79.